The van der Waals surface area contributed by atoms with E-state index in [4.69, 9.17) is 0 Å². The van der Waals surface area contributed by atoms with Crippen molar-refractivity contribution in [1.29, 1.82) is 0 Å². The number of thioether (sulfide) groups is 1. The first-order valence-corrected chi connectivity index (χ1v) is 7.88. The molecule has 2 heterocycles. The fraction of sp³-hybridized carbons (Fsp3) is 0.286. The zero-order chi connectivity index (χ0) is 13.4. The van der Waals surface area contributed by atoms with Crippen molar-refractivity contribution < 1.29 is 4.79 Å². The molecule has 0 unspecified atom stereocenters. The number of carbonyl (C=O) groups excluding carboxylic acids is 1. The van der Waals surface area contributed by atoms with E-state index in [2.05, 4.69) is 17.1 Å². The Morgan fingerprint density at radius 2 is 2.00 bits per heavy atom. The van der Waals surface area contributed by atoms with Gasteiger partial charge in [0.2, 0.25) is 5.91 Å². The molecule has 5 heteroatoms. The summed E-state index contributed by atoms with van der Waals surface area (Å²) in [6, 6.07) is 10.1. The number of aryl methyl sites for hydroxylation is 1. The minimum atomic E-state index is -0.0191. The molecule has 1 aromatic carbocycles. The van der Waals surface area contributed by atoms with Gasteiger partial charge in [-0.1, -0.05) is 30.3 Å². The first-order chi connectivity index (χ1) is 9.16. The maximum atomic E-state index is 12.4. The van der Waals surface area contributed by atoms with Crippen LogP contribution < -0.4 is 4.90 Å². The van der Waals surface area contributed by atoms with Gasteiger partial charge in [-0.15, -0.1) is 23.1 Å². The van der Waals surface area contributed by atoms with E-state index >= 15 is 0 Å². The smallest absolute Gasteiger partial charge is 0.242 e. The van der Waals surface area contributed by atoms with Crippen molar-refractivity contribution in [1.82, 2.24) is 4.98 Å². The number of rotatable bonds is 2. The maximum Gasteiger partial charge on any atom is 0.242 e. The summed E-state index contributed by atoms with van der Waals surface area (Å²) in [4.78, 5) is 19.7. The van der Waals surface area contributed by atoms with Gasteiger partial charge in [0.15, 0.2) is 5.13 Å². The summed E-state index contributed by atoms with van der Waals surface area (Å²) < 4.78 is 0. The zero-order valence-electron chi connectivity index (χ0n) is 10.7. The van der Waals surface area contributed by atoms with Crippen LogP contribution in [0, 0.1) is 6.92 Å². The molecule has 0 bridgehead atoms. The molecule has 3 nitrogen and oxygen atoms in total. The van der Waals surface area contributed by atoms with Crippen LogP contribution in [0.4, 0.5) is 5.13 Å². The van der Waals surface area contributed by atoms with Gasteiger partial charge in [0.25, 0.3) is 0 Å². The Morgan fingerprint density at radius 3 is 2.63 bits per heavy atom. The van der Waals surface area contributed by atoms with Gasteiger partial charge in [-0.25, -0.2) is 4.98 Å². The van der Waals surface area contributed by atoms with Crippen LogP contribution in [-0.4, -0.2) is 16.1 Å². The Bertz CT molecular complexity index is 597. The van der Waals surface area contributed by atoms with Gasteiger partial charge in [-0.2, -0.15) is 0 Å². The molecule has 0 radical (unpaired) electrons. The zero-order valence-corrected chi connectivity index (χ0v) is 12.4. The molecule has 3 rings (SSSR count). The van der Waals surface area contributed by atoms with Gasteiger partial charge < -0.3 is 0 Å². The van der Waals surface area contributed by atoms with Crippen molar-refractivity contribution in [2.24, 2.45) is 0 Å². The number of benzene rings is 1. The molecule has 0 spiro atoms. The molecular weight excluding hydrogens is 276 g/mol. The topological polar surface area (TPSA) is 33.2 Å². The number of nitrogens with zero attached hydrogens (tertiary/aromatic N) is 2. The fourth-order valence-electron chi connectivity index (χ4n) is 2.12. The molecule has 1 aliphatic heterocycles. The summed E-state index contributed by atoms with van der Waals surface area (Å²) in [6.45, 7) is 3.97. The van der Waals surface area contributed by atoms with E-state index in [0.717, 1.165) is 15.6 Å². The van der Waals surface area contributed by atoms with E-state index in [1.54, 1.807) is 23.1 Å². The molecule has 1 amide bonds. The van der Waals surface area contributed by atoms with Crippen molar-refractivity contribution in [3.63, 3.8) is 0 Å². The summed E-state index contributed by atoms with van der Waals surface area (Å²) in [5, 5.41) is 0.817. The van der Waals surface area contributed by atoms with Gasteiger partial charge in [0, 0.05) is 11.1 Å². The van der Waals surface area contributed by atoms with Gasteiger partial charge in [0.1, 0.15) is 5.37 Å². The molecule has 2 aromatic rings. The lowest BCUT2D eigenvalue weighted by atomic mass is 10.2. The highest BCUT2D eigenvalue weighted by atomic mass is 32.2. The quantitative estimate of drug-likeness (QED) is 0.847. The van der Waals surface area contributed by atoms with Crippen LogP contribution >= 0.6 is 23.1 Å². The van der Waals surface area contributed by atoms with Crippen LogP contribution in [0.25, 0.3) is 0 Å². The summed E-state index contributed by atoms with van der Waals surface area (Å²) in [5.41, 5.74) is 1.15. The average molecular weight is 290 g/mol. The van der Waals surface area contributed by atoms with E-state index in [1.807, 2.05) is 43.1 Å². The van der Waals surface area contributed by atoms with Gasteiger partial charge in [-0.05, 0) is 19.4 Å². The van der Waals surface area contributed by atoms with E-state index in [0.29, 0.717) is 0 Å². The third-order valence-electron chi connectivity index (χ3n) is 3.05. The third kappa shape index (κ3) is 2.28. The third-order valence-corrected chi connectivity index (χ3v) is 5.32. The monoisotopic (exact) mass is 290 g/mol. The van der Waals surface area contributed by atoms with E-state index in [-0.39, 0.29) is 16.5 Å². The summed E-state index contributed by atoms with van der Waals surface area (Å²) >= 11 is 3.25. The highest BCUT2D eigenvalue weighted by Crippen LogP contribution is 2.46. The number of anilines is 1. The SMILES string of the molecule is Cc1cnc(N2C(=O)[C@H](C)S[C@H]2c2ccccc2)s1. The minimum absolute atomic E-state index is 0.0191. The molecule has 0 N–H and O–H groups in total. The molecule has 98 valence electrons. The first-order valence-electron chi connectivity index (χ1n) is 6.13. The predicted octanol–water partition coefficient (Wildman–Crippen LogP) is 3.62. The molecule has 0 aliphatic carbocycles. The van der Waals surface area contributed by atoms with Crippen LogP contribution in [0.2, 0.25) is 0 Å². The van der Waals surface area contributed by atoms with Gasteiger partial charge in [-0.3, -0.25) is 9.69 Å². The lowest BCUT2D eigenvalue weighted by molar-refractivity contribution is -0.117. The molecule has 1 fully saturated rings. The van der Waals surface area contributed by atoms with Crippen molar-refractivity contribution in [3.05, 3.63) is 47.0 Å². The van der Waals surface area contributed by atoms with Gasteiger partial charge in [0.05, 0.1) is 5.25 Å². The second kappa shape index (κ2) is 4.98. The van der Waals surface area contributed by atoms with Crippen LogP contribution in [0.5, 0.6) is 0 Å². The lowest BCUT2D eigenvalue weighted by Gasteiger charge is -2.21. The summed E-state index contributed by atoms with van der Waals surface area (Å²) in [7, 11) is 0. The fourth-order valence-corrected chi connectivity index (χ4v) is 4.23. The van der Waals surface area contributed by atoms with E-state index < -0.39 is 0 Å². The number of carbonyl (C=O) groups is 1. The Balaban J connectivity index is 2.01. The standard InChI is InChI=1S/C14H14N2OS2/c1-9-8-15-14(18-9)16-12(17)10(2)19-13(16)11-6-4-3-5-7-11/h3-8,10,13H,1-2H3/t10-,13-/m0/s1. The van der Waals surface area contributed by atoms with Crippen LogP contribution in [-0.2, 0) is 4.79 Å². The largest absolute Gasteiger partial charge is 0.273 e. The van der Waals surface area contributed by atoms with Crippen molar-refractivity contribution in [2.75, 3.05) is 4.90 Å². The first kappa shape index (κ1) is 12.7. The Hall–Kier alpha value is -1.33. The number of aromatic nitrogens is 1. The van der Waals surface area contributed by atoms with Crippen molar-refractivity contribution in [3.8, 4) is 0 Å². The molecule has 1 aliphatic rings. The van der Waals surface area contributed by atoms with E-state index in [1.165, 1.54) is 0 Å². The van der Waals surface area contributed by atoms with Crippen LogP contribution in [0.1, 0.15) is 22.7 Å². The lowest BCUT2D eigenvalue weighted by Crippen LogP contribution is -2.29. The van der Waals surface area contributed by atoms with Crippen LogP contribution in [0.15, 0.2) is 36.5 Å². The Labute approximate surface area is 120 Å². The second-order valence-electron chi connectivity index (χ2n) is 4.50. The number of hydrogen-bond acceptors (Lipinski definition) is 4. The molecule has 0 saturated carbocycles. The van der Waals surface area contributed by atoms with Crippen molar-refractivity contribution in [2.45, 2.75) is 24.5 Å². The number of hydrogen-bond donors (Lipinski definition) is 0. The Morgan fingerprint density at radius 1 is 1.26 bits per heavy atom. The number of thiazole rings is 1. The van der Waals surface area contributed by atoms with E-state index in [9.17, 15) is 4.79 Å². The van der Waals surface area contributed by atoms with Crippen LogP contribution in [0.3, 0.4) is 0 Å². The highest BCUT2D eigenvalue weighted by Gasteiger charge is 2.40. The minimum Gasteiger partial charge on any atom is -0.273 e. The molecule has 1 saturated heterocycles. The average Bonchev–Trinajstić information content (AvgIpc) is 2.96. The Kier molecular flexibility index (Phi) is 3.33. The molecular formula is C14H14N2OS2. The molecule has 19 heavy (non-hydrogen) atoms. The summed E-state index contributed by atoms with van der Waals surface area (Å²) in [6.07, 6.45) is 1.82. The van der Waals surface area contributed by atoms with Gasteiger partial charge >= 0.3 is 0 Å². The normalized spacial score (nSPS) is 23.1. The second-order valence-corrected chi connectivity index (χ2v) is 7.14. The molecule has 2 atom stereocenters. The number of amides is 1. The van der Waals surface area contributed by atoms with Crippen molar-refractivity contribution >= 4 is 34.1 Å². The molecule has 1 aromatic heterocycles. The highest BCUT2D eigenvalue weighted by molar-refractivity contribution is 8.01. The summed E-state index contributed by atoms with van der Waals surface area (Å²) in [5.74, 6) is 0.146. The predicted molar refractivity (Wildman–Crippen MR) is 80.6 cm³/mol. The maximum absolute atomic E-state index is 12.4.